The van der Waals surface area contributed by atoms with Crippen molar-refractivity contribution < 1.29 is 4.79 Å². The summed E-state index contributed by atoms with van der Waals surface area (Å²) in [6.07, 6.45) is 4.33. The highest BCUT2D eigenvalue weighted by atomic mass is 32.1. The number of hydrogen-bond acceptors (Lipinski definition) is 6. The third-order valence-electron chi connectivity index (χ3n) is 3.95. The van der Waals surface area contributed by atoms with Crippen LogP contribution < -0.4 is 4.90 Å². The largest absolute Gasteiger partial charge is 0.345 e. The van der Waals surface area contributed by atoms with E-state index in [9.17, 15) is 4.79 Å². The molecule has 0 unspecified atom stereocenters. The average molecular weight is 334 g/mol. The number of aryl methyl sites for hydroxylation is 1. The van der Waals surface area contributed by atoms with Crippen molar-refractivity contribution in [1.29, 1.82) is 0 Å². The fourth-order valence-corrected chi connectivity index (χ4v) is 3.47. The second kappa shape index (κ2) is 6.66. The van der Waals surface area contributed by atoms with Crippen molar-refractivity contribution in [2.24, 2.45) is 7.05 Å². The van der Waals surface area contributed by atoms with E-state index >= 15 is 0 Å². The molecule has 8 heteroatoms. The third kappa shape index (κ3) is 3.52. The van der Waals surface area contributed by atoms with Crippen molar-refractivity contribution in [1.82, 2.24) is 24.0 Å². The minimum absolute atomic E-state index is 0.0556. The minimum Gasteiger partial charge on any atom is -0.345 e. The van der Waals surface area contributed by atoms with Gasteiger partial charge in [-0.3, -0.25) is 9.48 Å². The van der Waals surface area contributed by atoms with Gasteiger partial charge in [-0.2, -0.15) is 9.47 Å². The van der Waals surface area contributed by atoms with E-state index in [1.165, 1.54) is 11.5 Å². The second-order valence-corrected chi connectivity index (χ2v) is 6.86. The fourth-order valence-electron chi connectivity index (χ4n) is 2.62. The highest BCUT2D eigenvalue weighted by Gasteiger charge is 2.23. The lowest BCUT2D eigenvalue weighted by Crippen LogP contribution is -2.35. The average Bonchev–Trinajstić information content (AvgIpc) is 3.11. The molecule has 2 aromatic heterocycles. The van der Waals surface area contributed by atoms with E-state index in [0.29, 0.717) is 18.0 Å². The summed E-state index contributed by atoms with van der Waals surface area (Å²) in [5.74, 6) is 1.30. The topological polar surface area (TPSA) is 67.2 Å². The Hall–Kier alpha value is -1.96. The molecule has 0 aliphatic carbocycles. The van der Waals surface area contributed by atoms with Crippen LogP contribution in [0.2, 0.25) is 0 Å². The van der Waals surface area contributed by atoms with Crippen LogP contribution in [0.3, 0.4) is 0 Å². The molecule has 23 heavy (non-hydrogen) atoms. The van der Waals surface area contributed by atoms with Crippen molar-refractivity contribution >= 4 is 22.6 Å². The molecule has 1 saturated heterocycles. The van der Waals surface area contributed by atoms with Crippen LogP contribution in [0.15, 0.2) is 12.4 Å². The molecule has 1 fully saturated rings. The molecular formula is C15H22N6OS. The van der Waals surface area contributed by atoms with Gasteiger partial charge in [0, 0.05) is 56.9 Å². The Morgan fingerprint density at radius 3 is 2.74 bits per heavy atom. The van der Waals surface area contributed by atoms with Gasteiger partial charge in [0.2, 0.25) is 5.13 Å². The van der Waals surface area contributed by atoms with E-state index in [-0.39, 0.29) is 5.91 Å². The quantitative estimate of drug-likeness (QED) is 0.855. The maximum atomic E-state index is 12.5. The van der Waals surface area contributed by atoms with Gasteiger partial charge in [0.15, 0.2) is 0 Å². The zero-order chi connectivity index (χ0) is 16.4. The number of anilines is 1. The highest BCUT2D eigenvalue weighted by molar-refractivity contribution is 7.09. The summed E-state index contributed by atoms with van der Waals surface area (Å²) < 4.78 is 6.08. The van der Waals surface area contributed by atoms with E-state index in [4.69, 9.17) is 0 Å². The van der Waals surface area contributed by atoms with Crippen LogP contribution in [0.25, 0.3) is 0 Å². The Morgan fingerprint density at radius 2 is 2.09 bits per heavy atom. The van der Waals surface area contributed by atoms with Gasteiger partial charge in [-0.05, 0) is 6.42 Å². The first-order valence-corrected chi connectivity index (χ1v) is 8.68. The third-order valence-corrected chi connectivity index (χ3v) is 4.74. The lowest BCUT2D eigenvalue weighted by atomic mass is 10.2. The Labute approximate surface area is 140 Å². The predicted octanol–water partition coefficient (Wildman–Crippen LogP) is 1.75. The van der Waals surface area contributed by atoms with Gasteiger partial charge in [0.1, 0.15) is 5.82 Å². The molecule has 3 heterocycles. The Morgan fingerprint density at radius 1 is 1.26 bits per heavy atom. The number of carbonyl (C=O) groups is 1. The number of nitrogens with zero attached hydrogens (tertiary/aromatic N) is 6. The minimum atomic E-state index is 0.0556. The summed E-state index contributed by atoms with van der Waals surface area (Å²) in [4.78, 5) is 21.3. The number of aromatic nitrogens is 4. The normalized spacial score (nSPS) is 16.0. The second-order valence-electron chi connectivity index (χ2n) is 6.13. The molecule has 0 atom stereocenters. The van der Waals surface area contributed by atoms with Crippen molar-refractivity contribution in [2.45, 2.75) is 26.2 Å². The summed E-state index contributed by atoms with van der Waals surface area (Å²) in [6.45, 7) is 7.36. The molecule has 0 N–H and O–H groups in total. The zero-order valence-corrected chi connectivity index (χ0v) is 14.6. The van der Waals surface area contributed by atoms with Gasteiger partial charge in [-0.25, -0.2) is 4.98 Å². The van der Waals surface area contributed by atoms with Crippen LogP contribution in [0.4, 0.5) is 5.13 Å². The maximum Gasteiger partial charge on any atom is 0.257 e. The van der Waals surface area contributed by atoms with Gasteiger partial charge < -0.3 is 9.80 Å². The number of carbonyl (C=O) groups excluding carboxylic acids is 1. The van der Waals surface area contributed by atoms with Crippen LogP contribution in [-0.4, -0.2) is 56.1 Å². The van der Waals surface area contributed by atoms with E-state index in [2.05, 4.69) is 33.2 Å². The summed E-state index contributed by atoms with van der Waals surface area (Å²) in [7, 11) is 1.82. The molecule has 1 amide bonds. The molecule has 0 bridgehead atoms. The van der Waals surface area contributed by atoms with E-state index in [0.717, 1.165) is 37.0 Å². The SMILES string of the molecule is CC(C)c1nsc(N2CCCN(C(=O)c3cnn(C)c3)CC2)n1. The van der Waals surface area contributed by atoms with Crippen LogP contribution in [0.1, 0.15) is 42.4 Å². The highest BCUT2D eigenvalue weighted by Crippen LogP contribution is 2.22. The van der Waals surface area contributed by atoms with Crippen LogP contribution >= 0.6 is 11.5 Å². The molecule has 0 radical (unpaired) electrons. The smallest absolute Gasteiger partial charge is 0.257 e. The molecule has 2 aromatic rings. The molecule has 124 valence electrons. The van der Waals surface area contributed by atoms with Crippen molar-refractivity contribution in [3.63, 3.8) is 0 Å². The Bertz CT molecular complexity index is 679. The molecular weight excluding hydrogens is 312 g/mol. The van der Waals surface area contributed by atoms with Crippen molar-refractivity contribution in [2.75, 3.05) is 31.1 Å². The van der Waals surface area contributed by atoms with Gasteiger partial charge in [0.25, 0.3) is 5.91 Å². The Balaban J connectivity index is 1.65. The summed E-state index contributed by atoms with van der Waals surface area (Å²) >= 11 is 1.45. The summed E-state index contributed by atoms with van der Waals surface area (Å²) in [5.41, 5.74) is 0.652. The monoisotopic (exact) mass is 334 g/mol. The van der Waals surface area contributed by atoms with Gasteiger partial charge in [-0.15, -0.1) is 0 Å². The fraction of sp³-hybridized carbons (Fsp3) is 0.600. The molecule has 0 spiro atoms. The van der Waals surface area contributed by atoms with Crippen LogP contribution in [0, 0.1) is 0 Å². The first kappa shape index (κ1) is 15.9. The molecule has 1 aliphatic rings. The number of amides is 1. The van der Waals surface area contributed by atoms with E-state index in [1.807, 2.05) is 11.9 Å². The van der Waals surface area contributed by atoms with Crippen LogP contribution in [-0.2, 0) is 7.05 Å². The van der Waals surface area contributed by atoms with E-state index in [1.54, 1.807) is 17.1 Å². The molecule has 1 aliphatic heterocycles. The number of hydrogen-bond donors (Lipinski definition) is 0. The predicted molar refractivity (Wildman–Crippen MR) is 89.9 cm³/mol. The lowest BCUT2D eigenvalue weighted by Gasteiger charge is -2.21. The zero-order valence-electron chi connectivity index (χ0n) is 13.8. The van der Waals surface area contributed by atoms with Gasteiger partial charge in [-0.1, -0.05) is 13.8 Å². The van der Waals surface area contributed by atoms with Crippen LogP contribution in [0.5, 0.6) is 0 Å². The van der Waals surface area contributed by atoms with Gasteiger partial charge >= 0.3 is 0 Å². The standard InChI is InChI=1S/C15H22N6OS/c1-11(2)13-17-15(23-18-13)21-6-4-5-20(7-8-21)14(22)12-9-16-19(3)10-12/h9-11H,4-8H2,1-3H3. The number of rotatable bonds is 3. The first-order valence-electron chi connectivity index (χ1n) is 7.91. The molecule has 3 rings (SSSR count). The Kier molecular flexibility index (Phi) is 4.61. The molecule has 0 saturated carbocycles. The molecule has 7 nitrogen and oxygen atoms in total. The summed E-state index contributed by atoms with van der Waals surface area (Å²) in [6, 6.07) is 0. The van der Waals surface area contributed by atoms with E-state index < -0.39 is 0 Å². The van der Waals surface area contributed by atoms with Gasteiger partial charge in [0.05, 0.1) is 11.8 Å². The summed E-state index contributed by atoms with van der Waals surface area (Å²) in [5, 5.41) is 5.04. The van der Waals surface area contributed by atoms with Crippen molar-refractivity contribution in [3.05, 3.63) is 23.8 Å². The lowest BCUT2D eigenvalue weighted by molar-refractivity contribution is 0.0767. The maximum absolute atomic E-state index is 12.5. The first-order chi connectivity index (χ1) is 11.0. The van der Waals surface area contributed by atoms with Crippen molar-refractivity contribution in [3.8, 4) is 0 Å². The molecule has 0 aromatic carbocycles.